The predicted octanol–water partition coefficient (Wildman–Crippen LogP) is 1.86. The van der Waals surface area contributed by atoms with Gasteiger partial charge in [-0.05, 0) is 12.5 Å². The van der Waals surface area contributed by atoms with Crippen molar-refractivity contribution in [3.63, 3.8) is 0 Å². The summed E-state index contributed by atoms with van der Waals surface area (Å²) in [7, 11) is 1.72. The van der Waals surface area contributed by atoms with E-state index in [0.717, 1.165) is 24.6 Å². The lowest BCUT2D eigenvalue weighted by molar-refractivity contribution is 0.0581. The van der Waals surface area contributed by atoms with Gasteiger partial charge in [-0.25, -0.2) is 4.98 Å². The lowest BCUT2D eigenvalue weighted by Crippen LogP contribution is -2.13. The first kappa shape index (κ1) is 12.2. The molecule has 0 saturated carbocycles. The summed E-state index contributed by atoms with van der Waals surface area (Å²) in [4.78, 5) is 7.62. The largest absolute Gasteiger partial charge is 0.373 e. The highest BCUT2D eigenvalue weighted by atomic mass is 16.5. The summed E-state index contributed by atoms with van der Waals surface area (Å²) < 4.78 is 5.40. The van der Waals surface area contributed by atoms with Crippen LogP contribution >= 0.6 is 0 Å². The fraction of sp³-hybridized carbons (Fsp3) is 0.727. The van der Waals surface area contributed by atoms with Crippen LogP contribution in [0, 0.1) is 5.92 Å². The highest BCUT2D eigenvalue weighted by molar-refractivity contribution is 5.04. The molecule has 1 heterocycles. The van der Waals surface area contributed by atoms with E-state index in [4.69, 9.17) is 4.74 Å². The Hall–Kier alpha value is -0.870. The van der Waals surface area contributed by atoms with Crippen molar-refractivity contribution in [3.8, 4) is 0 Å². The molecule has 2 N–H and O–H groups in total. The van der Waals surface area contributed by atoms with Crippen LogP contribution in [0.2, 0.25) is 0 Å². The van der Waals surface area contributed by atoms with Crippen molar-refractivity contribution in [3.05, 3.63) is 17.7 Å². The molecule has 1 unspecified atom stereocenters. The van der Waals surface area contributed by atoms with Crippen LogP contribution in [-0.4, -0.2) is 23.6 Å². The first-order chi connectivity index (χ1) is 7.19. The van der Waals surface area contributed by atoms with Crippen LogP contribution in [0.1, 0.15) is 38.4 Å². The number of aromatic amines is 1. The molecule has 15 heavy (non-hydrogen) atoms. The highest BCUT2D eigenvalue weighted by Gasteiger charge is 2.17. The van der Waals surface area contributed by atoms with Crippen LogP contribution in [0.3, 0.4) is 0 Å². The van der Waals surface area contributed by atoms with E-state index >= 15 is 0 Å². The molecule has 86 valence electrons. The summed E-state index contributed by atoms with van der Waals surface area (Å²) in [6, 6.07) is 0. The molecule has 0 aliphatic rings. The third kappa shape index (κ3) is 3.32. The molecule has 1 aromatic heterocycles. The van der Waals surface area contributed by atoms with E-state index in [1.165, 1.54) is 0 Å². The number of H-pyrrole nitrogens is 1. The molecule has 0 saturated heterocycles. The van der Waals surface area contributed by atoms with E-state index in [-0.39, 0.29) is 6.10 Å². The zero-order valence-corrected chi connectivity index (χ0v) is 10.0. The maximum atomic E-state index is 5.40. The van der Waals surface area contributed by atoms with Gasteiger partial charge in [0.25, 0.3) is 0 Å². The SMILES string of the molecule is CCNCc1cnc(C(OC)C(C)C)[nH]1. The summed E-state index contributed by atoms with van der Waals surface area (Å²) >= 11 is 0. The van der Waals surface area contributed by atoms with Gasteiger partial charge in [-0.1, -0.05) is 20.8 Å². The number of methoxy groups -OCH3 is 1. The second-order valence-corrected chi connectivity index (χ2v) is 3.97. The molecule has 1 aromatic rings. The van der Waals surface area contributed by atoms with Gasteiger partial charge in [-0.2, -0.15) is 0 Å². The molecule has 0 aliphatic carbocycles. The monoisotopic (exact) mass is 211 g/mol. The standard InChI is InChI=1S/C11H21N3O/c1-5-12-6-9-7-13-11(14-9)10(15-4)8(2)3/h7-8,10,12H,5-6H2,1-4H3,(H,13,14). The Balaban J connectivity index is 2.65. The molecule has 1 atom stereocenters. The number of hydrogen-bond acceptors (Lipinski definition) is 3. The van der Waals surface area contributed by atoms with Crippen LogP contribution in [0.4, 0.5) is 0 Å². The van der Waals surface area contributed by atoms with E-state index in [1.807, 2.05) is 6.20 Å². The van der Waals surface area contributed by atoms with Gasteiger partial charge in [-0.3, -0.25) is 0 Å². The fourth-order valence-electron chi connectivity index (χ4n) is 1.57. The molecule has 0 spiro atoms. The van der Waals surface area contributed by atoms with Gasteiger partial charge >= 0.3 is 0 Å². The van der Waals surface area contributed by atoms with Crippen molar-refractivity contribution in [1.82, 2.24) is 15.3 Å². The Morgan fingerprint density at radius 2 is 2.27 bits per heavy atom. The Bertz CT molecular complexity index is 283. The van der Waals surface area contributed by atoms with Crippen molar-refractivity contribution < 1.29 is 4.74 Å². The topological polar surface area (TPSA) is 49.9 Å². The smallest absolute Gasteiger partial charge is 0.135 e. The number of imidazole rings is 1. The molecule has 0 aliphatic heterocycles. The molecule has 0 aromatic carbocycles. The van der Waals surface area contributed by atoms with E-state index in [2.05, 4.69) is 36.1 Å². The van der Waals surface area contributed by atoms with E-state index in [1.54, 1.807) is 7.11 Å². The van der Waals surface area contributed by atoms with Gasteiger partial charge in [0.05, 0.1) is 0 Å². The normalized spacial score (nSPS) is 13.4. The van der Waals surface area contributed by atoms with Crippen LogP contribution in [0.15, 0.2) is 6.20 Å². The van der Waals surface area contributed by atoms with Crippen molar-refractivity contribution in [2.75, 3.05) is 13.7 Å². The molecule has 1 rings (SSSR count). The maximum absolute atomic E-state index is 5.40. The van der Waals surface area contributed by atoms with Crippen LogP contribution < -0.4 is 5.32 Å². The van der Waals surface area contributed by atoms with Gasteiger partial charge < -0.3 is 15.0 Å². The Morgan fingerprint density at radius 3 is 2.80 bits per heavy atom. The Morgan fingerprint density at radius 1 is 1.53 bits per heavy atom. The van der Waals surface area contributed by atoms with E-state index < -0.39 is 0 Å². The number of aromatic nitrogens is 2. The first-order valence-corrected chi connectivity index (χ1v) is 5.46. The van der Waals surface area contributed by atoms with Crippen LogP contribution in [0.25, 0.3) is 0 Å². The van der Waals surface area contributed by atoms with Gasteiger partial charge in [0.2, 0.25) is 0 Å². The van der Waals surface area contributed by atoms with Crippen molar-refractivity contribution in [2.45, 2.75) is 33.4 Å². The number of nitrogens with one attached hydrogen (secondary N) is 2. The minimum absolute atomic E-state index is 0.0559. The first-order valence-electron chi connectivity index (χ1n) is 5.46. The molecule has 0 amide bonds. The summed E-state index contributed by atoms with van der Waals surface area (Å²) in [5, 5.41) is 3.25. The van der Waals surface area contributed by atoms with E-state index in [9.17, 15) is 0 Å². The second-order valence-electron chi connectivity index (χ2n) is 3.97. The van der Waals surface area contributed by atoms with Gasteiger partial charge in [0.15, 0.2) is 0 Å². The lowest BCUT2D eigenvalue weighted by atomic mass is 10.1. The number of hydrogen-bond donors (Lipinski definition) is 2. The van der Waals surface area contributed by atoms with Gasteiger partial charge in [0.1, 0.15) is 11.9 Å². The zero-order valence-electron chi connectivity index (χ0n) is 10.0. The maximum Gasteiger partial charge on any atom is 0.135 e. The summed E-state index contributed by atoms with van der Waals surface area (Å²) in [6.45, 7) is 8.13. The third-order valence-electron chi connectivity index (χ3n) is 2.34. The quantitative estimate of drug-likeness (QED) is 0.755. The molecule has 0 bridgehead atoms. The second kappa shape index (κ2) is 5.88. The predicted molar refractivity (Wildman–Crippen MR) is 60.6 cm³/mol. The highest BCUT2D eigenvalue weighted by Crippen LogP contribution is 2.21. The minimum Gasteiger partial charge on any atom is -0.373 e. The average Bonchev–Trinajstić information content (AvgIpc) is 2.64. The summed E-state index contributed by atoms with van der Waals surface area (Å²) in [5.41, 5.74) is 1.11. The molecular formula is C11H21N3O. The van der Waals surface area contributed by atoms with Crippen LogP contribution in [-0.2, 0) is 11.3 Å². The number of ether oxygens (including phenoxy) is 1. The zero-order chi connectivity index (χ0) is 11.3. The number of nitrogens with zero attached hydrogens (tertiary/aromatic N) is 1. The lowest BCUT2D eigenvalue weighted by Gasteiger charge is -2.16. The Kier molecular flexibility index (Phi) is 4.78. The number of rotatable bonds is 6. The van der Waals surface area contributed by atoms with E-state index in [0.29, 0.717) is 5.92 Å². The molecule has 4 heteroatoms. The van der Waals surface area contributed by atoms with Gasteiger partial charge in [-0.15, -0.1) is 0 Å². The van der Waals surface area contributed by atoms with Crippen molar-refractivity contribution >= 4 is 0 Å². The average molecular weight is 211 g/mol. The molecule has 4 nitrogen and oxygen atoms in total. The summed E-state index contributed by atoms with van der Waals surface area (Å²) in [5.74, 6) is 1.34. The van der Waals surface area contributed by atoms with Crippen LogP contribution in [0.5, 0.6) is 0 Å². The summed E-state index contributed by atoms with van der Waals surface area (Å²) in [6.07, 6.45) is 1.92. The van der Waals surface area contributed by atoms with Crippen molar-refractivity contribution in [1.29, 1.82) is 0 Å². The molecule has 0 radical (unpaired) electrons. The molecular weight excluding hydrogens is 190 g/mol. The third-order valence-corrected chi connectivity index (χ3v) is 2.34. The fourth-order valence-corrected chi connectivity index (χ4v) is 1.57. The minimum atomic E-state index is 0.0559. The van der Waals surface area contributed by atoms with Gasteiger partial charge in [0, 0.05) is 25.5 Å². The van der Waals surface area contributed by atoms with Crippen molar-refractivity contribution in [2.24, 2.45) is 5.92 Å². The Labute approximate surface area is 91.4 Å². The molecule has 0 fully saturated rings.